The Kier molecular flexibility index (Phi) is 4.25. The molecule has 1 saturated heterocycles. The number of hydrogen-bond donors (Lipinski definition) is 0. The van der Waals surface area contributed by atoms with E-state index in [0.29, 0.717) is 10.0 Å². The smallest absolute Gasteiger partial charge is 0.164 e. The van der Waals surface area contributed by atoms with E-state index in [1.807, 2.05) is 23.9 Å². The third kappa shape index (κ3) is 3.21. The number of aliphatic imine (C=N–C) groups is 1. The van der Waals surface area contributed by atoms with Crippen molar-refractivity contribution in [3.05, 3.63) is 28.2 Å². The molecule has 1 heterocycles. The lowest BCUT2D eigenvalue weighted by Gasteiger charge is -2.30. The lowest BCUT2D eigenvalue weighted by atomic mass is 9.85. The fraction of sp³-hybridized carbons (Fsp3) is 0.500. The summed E-state index contributed by atoms with van der Waals surface area (Å²) in [5, 5.41) is 2.38. The Labute approximate surface area is 128 Å². The number of hydrogen-bond acceptors (Lipinski definition) is 2. The Bertz CT molecular complexity index is 500. The molecule has 0 radical (unpaired) electrons. The maximum atomic E-state index is 6.18. The van der Waals surface area contributed by atoms with Crippen LogP contribution < -0.4 is 0 Å². The van der Waals surface area contributed by atoms with Crippen LogP contribution in [-0.4, -0.2) is 28.9 Å². The Morgan fingerprint density at radius 1 is 1.32 bits per heavy atom. The molecule has 0 spiro atoms. The lowest BCUT2D eigenvalue weighted by Crippen LogP contribution is -2.33. The van der Waals surface area contributed by atoms with Gasteiger partial charge in [0.05, 0.1) is 10.7 Å². The lowest BCUT2D eigenvalue weighted by molar-refractivity contribution is 0.250. The van der Waals surface area contributed by atoms with Crippen LogP contribution in [0.3, 0.4) is 0 Å². The average Bonchev–Trinajstić information content (AvgIpc) is 2.75. The molecule has 1 aromatic rings. The van der Waals surface area contributed by atoms with Gasteiger partial charge in [0.2, 0.25) is 0 Å². The summed E-state index contributed by atoms with van der Waals surface area (Å²) in [5.41, 5.74) is 0.814. The van der Waals surface area contributed by atoms with Crippen LogP contribution in [0, 0.1) is 5.92 Å². The van der Waals surface area contributed by atoms with Crippen LogP contribution in [0.5, 0.6) is 0 Å². The van der Waals surface area contributed by atoms with E-state index in [1.165, 1.54) is 19.3 Å². The first kappa shape index (κ1) is 13.6. The minimum absolute atomic E-state index is 0.621. The molecule has 1 aliphatic heterocycles. The molecule has 19 heavy (non-hydrogen) atoms. The van der Waals surface area contributed by atoms with Crippen LogP contribution in [0.2, 0.25) is 10.0 Å². The molecule has 2 aliphatic rings. The van der Waals surface area contributed by atoms with E-state index < -0.39 is 0 Å². The van der Waals surface area contributed by atoms with Crippen LogP contribution in [0.4, 0.5) is 5.69 Å². The van der Waals surface area contributed by atoms with Gasteiger partial charge in [0, 0.05) is 23.9 Å². The fourth-order valence-electron chi connectivity index (χ4n) is 2.37. The minimum Gasteiger partial charge on any atom is -0.350 e. The molecule has 0 aromatic heterocycles. The van der Waals surface area contributed by atoms with Crippen molar-refractivity contribution in [3.8, 4) is 0 Å². The third-order valence-corrected chi connectivity index (χ3v) is 5.22. The molecule has 102 valence electrons. The van der Waals surface area contributed by atoms with Gasteiger partial charge in [0.25, 0.3) is 0 Å². The Hall–Kier alpha value is -0.380. The molecule has 1 aromatic carbocycles. The van der Waals surface area contributed by atoms with Crippen molar-refractivity contribution in [1.82, 2.24) is 4.90 Å². The van der Waals surface area contributed by atoms with Crippen molar-refractivity contribution in [1.29, 1.82) is 0 Å². The van der Waals surface area contributed by atoms with Crippen molar-refractivity contribution in [2.75, 3.05) is 18.8 Å². The molecule has 1 aliphatic carbocycles. The second kappa shape index (κ2) is 5.94. The molecule has 0 amide bonds. The Balaban J connectivity index is 1.76. The topological polar surface area (TPSA) is 15.6 Å². The standard InChI is InChI=1S/C14H16Cl2N2S/c15-11-4-5-13(12(16)8-11)17-14-18(6-7-19-14)9-10-2-1-3-10/h4-5,8,10H,1-3,6-7,9H2. The highest BCUT2D eigenvalue weighted by molar-refractivity contribution is 8.14. The zero-order valence-corrected chi connectivity index (χ0v) is 12.9. The van der Waals surface area contributed by atoms with Crippen molar-refractivity contribution in [3.63, 3.8) is 0 Å². The van der Waals surface area contributed by atoms with Crippen LogP contribution in [0.25, 0.3) is 0 Å². The SMILES string of the molecule is Clc1ccc(N=C2SCCN2CC2CCC2)c(Cl)c1. The summed E-state index contributed by atoms with van der Waals surface area (Å²) < 4.78 is 0. The molecule has 2 nitrogen and oxygen atoms in total. The molecule has 0 N–H and O–H groups in total. The highest BCUT2D eigenvalue weighted by atomic mass is 35.5. The van der Waals surface area contributed by atoms with Gasteiger partial charge in [0.15, 0.2) is 5.17 Å². The van der Waals surface area contributed by atoms with Crippen LogP contribution in [-0.2, 0) is 0 Å². The Morgan fingerprint density at radius 2 is 2.16 bits per heavy atom. The first-order chi connectivity index (χ1) is 9.22. The van der Waals surface area contributed by atoms with E-state index in [2.05, 4.69) is 4.90 Å². The number of thioether (sulfide) groups is 1. The van der Waals surface area contributed by atoms with Crippen molar-refractivity contribution < 1.29 is 0 Å². The summed E-state index contributed by atoms with van der Waals surface area (Å²) in [6, 6.07) is 5.47. The number of amidine groups is 1. The number of nitrogens with zero attached hydrogens (tertiary/aromatic N) is 2. The second-order valence-electron chi connectivity index (χ2n) is 5.08. The summed E-state index contributed by atoms with van der Waals surface area (Å²) in [4.78, 5) is 7.11. The van der Waals surface area contributed by atoms with Gasteiger partial charge >= 0.3 is 0 Å². The van der Waals surface area contributed by atoms with Crippen molar-refractivity contribution >= 4 is 45.8 Å². The Morgan fingerprint density at radius 3 is 2.84 bits per heavy atom. The largest absolute Gasteiger partial charge is 0.350 e. The third-order valence-electron chi connectivity index (χ3n) is 3.69. The van der Waals surface area contributed by atoms with Crippen LogP contribution in [0.1, 0.15) is 19.3 Å². The number of halogens is 2. The molecule has 5 heteroatoms. The molecule has 1 saturated carbocycles. The second-order valence-corrected chi connectivity index (χ2v) is 6.99. The highest BCUT2D eigenvalue weighted by Crippen LogP contribution is 2.33. The summed E-state index contributed by atoms with van der Waals surface area (Å²) in [5.74, 6) is 1.99. The average molecular weight is 315 g/mol. The fourth-order valence-corrected chi connectivity index (χ4v) is 3.82. The van der Waals surface area contributed by atoms with E-state index in [4.69, 9.17) is 28.2 Å². The maximum absolute atomic E-state index is 6.18. The number of benzene rings is 1. The molecule has 2 fully saturated rings. The normalized spacial score (nSPS) is 22.0. The highest BCUT2D eigenvalue weighted by Gasteiger charge is 2.26. The van der Waals surface area contributed by atoms with E-state index in [0.717, 1.165) is 35.6 Å². The first-order valence-electron chi connectivity index (χ1n) is 6.64. The summed E-state index contributed by atoms with van der Waals surface area (Å²) >= 11 is 13.9. The first-order valence-corrected chi connectivity index (χ1v) is 8.38. The predicted molar refractivity (Wildman–Crippen MR) is 84.9 cm³/mol. The minimum atomic E-state index is 0.621. The van der Waals surface area contributed by atoms with Gasteiger partial charge in [-0.15, -0.1) is 0 Å². The molecule has 0 bridgehead atoms. The van der Waals surface area contributed by atoms with Crippen LogP contribution >= 0.6 is 35.0 Å². The molecule has 0 unspecified atom stereocenters. The van der Waals surface area contributed by atoms with Crippen molar-refractivity contribution in [2.24, 2.45) is 10.9 Å². The summed E-state index contributed by atoms with van der Waals surface area (Å²) in [6.07, 6.45) is 4.13. The summed E-state index contributed by atoms with van der Waals surface area (Å²) in [7, 11) is 0. The zero-order chi connectivity index (χ0) is 13.2. The van der Waals surface area contributed by atoms with Gasteiger partial charge in [-0.3, -0.25) is 0 Å². The molecule has 3 rings (SSSR count). The van der Waals surface area contributed by atoms with Gasteiger partial charge in [-0.25, -0.2) is 4.99 Å². The van der Waals surface area contributed by atoms with Gasteiger partial charge in [-0.2, -0.15) is 0 Å². The molecular weight excluding hydrogens is 299 g/mol. The van der Waals surface area contributed by atoms with E-state index in [1.54, 1.807) is 6.07 Å². The van der Waals surface area contributed by atoms with Gasteiger partial charge < -0.3 is 4.90 Å². The zero-order valence-electron chi connectivity index (χ0n) is 10.6. The maximum Gasteiger partial charge on any atom is 0.164 e. The predicted octanol–water partition coefficient (Wildman–Crippen LogP) is 4.83. The van der Waals surface area contributed by atoms with Gasteiger partial charge in [0.1, 0.15) is 0 Å². The van der Waals surface area contributed by atoms with E-state index in [9.17, 15) is 0 Å². The van der Waals surface area contributed by atoms with Crippen LogP contribution in [0.15, 0.2) is 23.2 Å². The van der Waals surface area contributed by atoms with Gasteiger partial charge in [-0.1, -0.05) is 41.4 Å². The van der Waals surface area contributed by atoms with E-state index >= 15 is 0 Å². The van der Waals surface area contributed by atoms with E-state index in [-0.39, 0.29) is 0 Å². The monoisotopic (exact) mass is 314 g/mol. The summed E-state index contributed by atoms with van der Waals surface area (Å²) in [6.45, 7) is 2.25. The van der Waals surface area contributed by atoms with Gasteiger partial charge in [-0.05, 0) is 37.0 Å². The molecular formula is C14H16Cl2N2S. The molecule has 0 atom stereocenters. The van der Waals surface area contributed by atoms with Crippen molar-refractivity contribution in [2.45, 2.75) is 19.3 Å². The quantitative estimate of drug-likeness (QED) is 0.794. The number of rotatable bonds is 3.